The topological polar surface area (TPSA) is 47.9 Å². The van der Waals surface area contributed by atoms with Crippen molar-refractivity contribution in [1.82, 2.24) is 15.2 Å². The van der Waals surface area contributed by atoms with Crippen molar-refractivity contribution in [1.29, 1.82) is 0 Å². The Morgan fingerprint density at radius 3 is 2.71 bits per heavy atom. The molecule has 2 heterocycles. The van der Waals surface area contributed by atoms with Crippen LogP contribution in [0.25, 0.3) is 0 Å². The van der Waals surface area contributed by atoms with E-state index in [4.69, 9.17) is 16.3 Å². The van der Waals surface area contributed by atoms with Crippen LogP contribution in [0.4, 0.5) is 0 Å². The summed E-state index contributed by atoms with van der Waals surface area (Å²) in [4.78, 5) is 3.90. The van der Waals surface area contributed by atoms with Crippen LogP contribution < -0.4 is 4.74 Å². The van der Waals surface area contributed by atoms with Gasteiger partial charge in [-0.2, -0.15) is 0 Å². The molecule has 4 nitrogen and oxygen atoms in total. The highest BCUT2D eigenvalue weighted by Gasteiger charge is 1.98. The van der Waals surface area contributed by atoms with E-state index in [1.54, 1.807) is 36.7 Å². The molecular weight excluding hydrogens is 202 g/mol. The zero-order valence-corrected chi connectivity index (χ0v) is 7.85. The van der Waals surface area contributed by atoms with E-state index in [0.717, 1.165) is 0 Å². The third-order valence-electron chi connectivity index (χ3n) is 1.46. The first-order chi connectivity index (χ1) is 6.84. The van der Waals surface area contributed by atoms with Crippen molar-refractivity contribution in [2.45, 2.75) is 0 Å². The summed E-state index contributed by atoms with van der Waals surface area (Å²) in [6, 6.07) is 6.81. The molecule has 0 aliphatic heterocycles. The predicted molar refractivity (Wildman–Crippen MR) is 51.4 cm³/mol. The highest BCUT2D eigenvalue weighted by molar-refractivity contribution is 6.29. The Morgan fingerprint density at radius 1 is 1.14 bits per heavy atom. The van der Waals surface area contributed by atoms with Crippen LogP contribution in [0.5, 0.6) is 11.6 Å². The number of hydrogen-bond acceptors (Lipinski definition) is 4. The van der Waals surface area contributed by atoms with Crippen LogP contribution in [0.15, 0.2) is 36.7 Å². The Bertz CT molecular complexity index is 404. The van der Waals surface area contributed by atoms with Crippen molar-refractivity contribution < 1.29 is 4.74 Å². The molecule has 0 amide bonds. The van der Waals surface area contributed by atoms with E-state index in [0.29, 0.717) is 16.8 Å². The van der Waals surface area contributed by atoms with Gasteiger partial charge in [-0.15, -0.1) is 10.2 Å². The molecule has 0 bridgehead atoms. The number of nitrogens with zero attached hydrogens (tertiary/aromatic N) is 3. The first kappa shape index (κ1) is 8.90. The second kappa shape index (κ2) is 4.02. The maximum Gasteiger partial charge on any atom is 0.239 e. The van der Waals surface area contributed by atoms with E-state index in [1.807, 2.05) is 0 Å². The largest absolute Gasteiger partial charge is 0.436 e. The molecule has 0 radical (unpaired) electrons. The fourth-order valence-corrected chi connectivity index (χ4v) is 0.987. The molecule has 2 aromatic rings. The van der Waals surface area contributed by atoms with E-state index < -0.39 is 0 Å². The van der Waals surface area contributed by atoms with Crippen molar-refractivity contribution in [2.24, 2.45) is 0 Å². The molecule has 0 N–H and O–H groups in total. The van der Waals surface area contributed by atoms with Gasteiger partial charge in [0.2, 0.25) is 5.88 Å². The van der Waals surface area contributed by atoms with E-state index in [-0.39, 0.29) is 0 Å². The Balaban J connectivity index is 2.16. The molecule has 0 atom stereocenters. The minimum Gasteiger partial charge on any atom is -0.436 e. The first-order valence-electron chi connectivity index (χ1n) is 3.92. The van der Waals surface area contributed by atoms with Gasteiger partial charge in [0.15, 0.2) is 5.15 Å². The molecule has 2 rings (SSSR count). The lowest BCUT2D eigenvalue weighted by atomic mass is 10.5. The third kappa shape index (κ3) is 2.17. The molecule has 14 heavy (non-hydrogen) atoms. The van der Waals surface area contributed by atoms with Crippen LogP contribution in [0.1, 0.15) is 0 Å². The van der Waals surface area contributed by atoms with Crippen molar-refractivity contribution >= 4 is 11.6 Å². The normalized spacial score (nSPS) is 9.79. The summed E-state index contributed by atoms with van der Waals surface area (Å²) in [7, 11) is 0. The highest BCUT2D eigenvalue weighted by Crippen LogP contribution is 2.17. The van der Waals surface area contributed by atoms with Crippen LogP contribution in [-0.4, -0.2) is 15.2 Å². The molecule has 0 fully saturated rings. The Morgan fingerprint density at radius 2 is 2.07 bits per heavy atom. The Kier molecular flexibility index (Phi) is 2.55. The lowest BCUT2D eigenvalue weighted by molar-refractivity contribution is 0.453. The predicted octanol–water partition coefficient (Wildman–Crippen LogP) is 2.32. The van der Waals surface area contributed by atoms with Gasteiger partial charge < -0.3 is 4.74 Å². The molecule has 0 aromatic carbocycles. The molecule has 0 saturated heterocycles. The van der Waals surface area contributed by atoms with Crippen molar-refractivity contribution in [3.63, 3.8) is 0 Å². The summed E-state index contributed by atoms with van der Waals surface area (Å²) in [6.07, 6.45) is 3.26. The average Bonchev–Trinajstić information content (AvgIpc) is 2.23. The quantitative estimate of drug-likeness (QED) is 0.758. The monoisotopic (exact) mass is 207 g/mol. The zero-order chi connectivity index (χ0) is 9.80. The molecule has 70 valence electrons. The van der Waals surface area contributed by atoms with Crippen molar-refractivity contribution in [3.8, 4) is 11.6 Å². The van der Waals surface area contributed by atoms with Crippen molar-refractivity contribution in [3.05, 3.63) is 41.8 Å². The third-order valence-corrected chi connectivity index (χ3v) is 1.67. The molecule has 0 aliphatic rings. The molecule has 5 heteroatoms. The van der Waals surface area contributed by atoms with Gasteiger partial charge in [0, 0.05) is 12.3 Å². The van der Waals surface area contributed by atoms with Gasteiger partial charge in [0.1, 0.15) is 5.75 Å². The van der Waals surface area contributed by atoms with Gasteiger partial charge in [-0.25, -0.2) is 0 Å². The molecular formula is C9H6ClN3O. The van der Waals surface area contributed by atoms with Crippen LogP contribution in [-0.2, 0) is 0 Å². The van der Waals surface area contributed by atoms with Gasteiger partial charge in [-0.3, -0.25) is 4.98 Å². The van der Waals surface area contributed by atoms with Gasteiger partial charge in [-0.1, -0.05) is 11.6 Å². The van der Waals surface area contributed by atoms with Gasteiger partial charge in [0.05, 0.1) is 6.20 Å². The minimum absolute atomic E-state index is 0.337. The second-order valence-electron chi connectivity index (χ2n) is 2.49. The molecule has 0 aliphatic carbocycles. The summed E-state index contributed by atoms with van der Waals surface area (Å²) in [5.41, 5.74) is 0. The van der Waals surface area contributed by atoms with Crippen LogP contribution in [0.2, 0.25) is 5.15 Å². The fourth-order valence-electron chi connectivity index (χ4n) is 0.886. The first-order valence-corrected chi connectivity index (χ1v) is 4.29. The van der Waals surface area contributed by atoms with E-state index in [9.17, 15) is 0 Å². The number of aromatic nitrogens is 3. The second-order valence-corrected chi connectivity index (χ2v) is 2.87. The molecule has 2 aromatic heterocycles. The van der Waals surface area contributed by atoms with E-state index in [2.05, 4.69) is 15.2 Å². The van der Waals surface area contributed by atoms with Gasteiger partial charge in [0.25, 0.3) is 0 Å². The summed E-state index contributed by atoms with van der Waals surface area (Å²) in [5.74, 6) is 1.01. The van der Waals surface area contributed by atoms with Crippen LogP contribution in [0, 0.1) is 0 Å². The summed E-state index contributed by atoms with van der Waals surface area (Å²) >= 11 is 5.57. The van der Waals surface area contributed by atoms with E-state index in [1.165, 1.54) is 0 Å². The standard InChI is InChI=1S/C9H6ClN3O/c10-8-3-4-9(13-12-8)14-7-2-1-5-11-6-7/h1-6H. The Hall–Kier alpha value is -1.68. The maximum absolute atomic E-state index is 5.57. The SMILES string of the molecule is Clc1ccc(Oc2cccnc2)nn1. The molecule has 0 spiro atoms. The summed E-state index contributed by atoms with van der Waals surface area (Å²) in [6.45, 7) is 0. The highest BCUT2D eigenvalue weighted by atomic mass is 35.5. The lowest BCUT2D eigenvalue weighted by Crippen LogP contribution is -1.90. The van der Waals surface area contributed by atoms with Crippen molar-refractivity contribution in [2.75, 3.05) is 0 Å². The van der Waals surface area contributed by atoms with E-state index >= 15 is 0 Å². The average molecular weight is 208 g/mol. The van der Waals surface area contributed by atoms with Gasteiger partial charge >= 0.3 is 0 Å². The van der Waals surface area contributed by atoms with Crippen LogP contribution >= 0.6 is 11.6 Å². The number of hydrogen-bond donors (Lipinski definition) is 0. The lowest BCUT2D eigenvalue weighted by Gasteiger charge is -2.01. The number of rotatable bonds is 2. The smallest absolute Gasteiger partial charge is 0.239 e. The zero-order valence-electron chi connectivity index (χ0n) is 7.09. The fraction of sp³-hybridized carbons (Fsp3) is 0. The van der Waals surface area contributed by atoms with Crippen LogP contribution in [0.3, 0.4) is 0 Å². The summed E-state index contributed by atoms with van der Waals surface area (Å²) in [5, 5.41) is 7.72. The number of pyridine rings is 1. The number of halogens is 1. The number of ether oxygens (including phenoxy) is 1. The molecule has 0 saturated carbocycles. The van der Waals surface area contributed by atoms with Gasteiger partial charge in [-0.05, 0) is 18.2 Å². The molecule has 0 unspecified atom stereocenters. The summed E-state index contributed by atoms with van der Waals surface area (Å²) < 4.78 is 5.34. The minimum atomic E-state index is 0.337. The Labute approximate surface area is 85.5 Å². The maximum atomic E-state index is 5.57.